The van der Waals surface area contributed by atoms with E-state index in [1.54, 1.807) is 13.8 Å². The molecule has 0 fully saturated rings. The van der Waals surface area contributed by atoms with Gasteiger partial charge in [-0.3, -0.25) is 9.59 Å². The highest BCUT2D eigenvalue weighted by molar-refractivity contribution is 8.01. The fraction of sp³-hybridized carbons (Fsp3) is 0.714. The van der Waals surface area contributed by atoms with Gasteiger partial charge in [0.05, 0.1) is 11.7 Å². The van der Waals surface area contributed by atoms with Crippen LogP contribution >= 0.6 is 11.8 Å². The first-order chi connectivity index (χ1) is 5.43. The second kappa shape index (κ2) is 5.03. The van der Waals surface area contributed by atoms with Gasteiger partial charge < -0.3 is 10.8 Å². The highest BCUT2D eigenvalue weighted by Gasteiger charge is 2.15. The van der Waals surface area contributed by atoms with Gasteiger partial charge in [-0.25, -0.2) is 0 Å². The lowest BCUT2D eigenvalue weighted by atomic mass is 10.3. The molecule has 0 aliphatic rings. The standard InChI is InChI=1S/C7H13NO3S/c1-4(3-6(9)10)12-5(2)7(8)11/h4-5H,3H2,1-2H3,(H2,8,11)(H,9,10). The molecule has 3 N–H and O–H groups in total. The third kappa shape index (κ3) is 5.01. The van der Waals surface area contributed by atoms with Gasteiger partial charge in [-0.05, 0) is 6.92 Å². The molecule has 0 aromatic heterocycles. The van der Waals surface area contributed by atoms with Crippen LogP contribution in [0.5, 0.6) is 0 Å². The summed E-state index contributed by atoms with van der Waals surface area (Å²) in [5.74, 6) is -1.26. The van der Waals surface area contributed by atoms with Crippen LogP contribution in [0.4, 0.5) is 0 Å². The minimum absolute atomic E-state index is 0.0578. The number of hydrogen-bond donors (Lipinski definition) is 2. The van der Waals surface area contributed by atoms with Gasteiger partial charge in [0.2, 0.25) is 5.91 Å². The predicted octanol–water partition coefficient (Wildman–Crippen LogP) is 0.457. The van der Waals surface area contributed by atoms with E-state index in [1.165, 1.54) is 11.8 Å². The summed E-state index contributed by atoms with van der Waals surface area (Å²) in [5, 5.41) is 8.01. The molecule has 0 radical (unpaired) electrons. The smallest absolute Gasteiger partial charge is 0.304 e. The lowest BCUT2D eigenvalue weighted by Gasteiger charge is -2.11. The molecule has 0 heterocycles. The highest BCUT2D eigenvalue weighted by Crippen LogP contribution is 2.19. The summed E-state index contributed by atoms with van der Waals surface area (Å²) >= 11 is 1.28. The molecule has 0 aliphatic carbocycles. The Balaban J connectivity index is 3.76. The summed E-state index contributed by atoms with van der Waals surface area (Å²) in [6.45, 7) is 3.43. The van der Waals surface area contributed by atoms with Crippen molar-refractivity contribution in [3.05, 3.63) is 0 Å². The Hall–Kier alpha value is -0.710. The lowest BCUT2D eigenvalue weighted by Crippen LogP contribution is -2.25. The minimum atomic E-state index is -0.855. The number of hydrogen-bond acceptors (Lipinski definition) is 3. The molecule has 0 aromatic carbocycles. The largest absolute Gasteiger partial charge is 0.481 e. The molecule has 4 nitrogen and oxygen atoms in total. The van der Waals surface area contributed by atoms with Gasteiger partial charge in [0.25, 0.3) is 0 Å². The zero-order chi connectivity index (χ0) is 9.72. The molecule has 0 spiro atoms. The number of nitrogens with two attached hydrogens (primary N) is 1. The van der Waals surface area contributed by atoms with E-state index in [9.17, 15) is 9.59 Å². The Labute approximate surface area is 75.5 Å². The topological polar surface area (TPSA) is 80.4 Å². The number of aliphatic carboxylic acids is 1. The molecule has 2 unspecified atom stereocenters. The SMILES string of the molecule is CC(CC(=O)O)SC(C)C(N)=O. The van der Waals surface area contributed by atoms with E-state index in [2.05, 4.69) is 0 Å². The van der Waals surface area contributed by atoms with Crippen molar-refractivity contribution in [2.45, 2.75) is 30.8 Å². The van der Waals surface area contributed by atoms with E-state index in [0.29, 0.717) is 0 Å². The van der Waals surface area contributed by atoms with Crippen molar-refractivity contribution in [1.29, 1.82) is 0 Å². The molecule has 0 bridgehead atoms. The van der Waals surface area contributed by atoms with Crippen molar-refractivity contribution >= 4 is 23.6 Å². The number of carbonyl (C=O) groups excluding carboxylic acids is 1. The molecule has 70 valence electrons. The Morgan fingerprint density at radius 2 is 2.00 bits per heavy atom. The highest BCUT2D eigenvalue weighted by atomic mass is 32.2. The van der Waals surface area contributed by atoms with Crippen molar-refractivity contribution < 1.29 is 14.7 Å². The summed E-state index contributed by atoms with van der Waals surface area (Å²) in [4.78, 5) is 20.8. The summed E-state index contributed by atoms with van der Waals surface area (Å²) in [6, 6.07) is 0. The van der Waals surface area contributed by atoms with E-state index >= 15 is 0 Å². The molecule has 0 saturated heterocycles. The van der Waals surface area contributed by atoms with Gasteiger partial charge in [-0.1, -0.05) is 6.92 Å². The fourth-order valence-corrected chi connectivity index (χ4v) is 1.78. The third-order valence-electron chi connectivity index (χ3n) is 1.30. The number of carboxylic acid groups (broad SMARTS) is 1. The van der Waals surface area contributed by atoms with Crippen LogP contribution in [-0.4, -0.2) is 27.5 Å². The van der Waals surface area contributed by atoms with E-state index in [1.807, 2.05) is 0 Å². The molecule has 5 heteroatoms. The van der Waals surface area contributed by atoms with Crippen LogP contribution in [-0.2, 0) is 9.59 Å². The van der Waals surface area contributed by atoms with Crippen LogP contribution in [0, 0.1) is 0 Å². The quantitative estimate of drug-likeness (QED) is 0.661. The van der Waals surface area contributed by atoms with Crippen LogP contribution in [0.15, 0.2) is 0 Å². The Kier molecular flexibility index (Phi) is 4.73. The molecule has 0 rings (SSSR count). The number of primary amides is 1. The summed E-state index contributed by atoms with van der Waals surface area (Å²) in [5.41, 5.74) is 5.01. The monoisotopic (exact) mass is 191 g/mol. The lowest BCUT2D eigenvalue weighted by molar-refractivity contribution is -0.136. The predicted molar refractivity (Wildman–Crippen MR) is 48.0 cm³/mol. The maximum absolute atomic E-state index is 10.6. The first kappa shape index (κ1) is 11.3. The van der Waals surface area contributed by atoms with Crippen molar-refractivity contribution in [3.8, 4) is 0 Å². The zero-order valence-corrected chi connectivity index (χ0v) is 7.93. The maximum Gasteiger partial charge on any atom is 0.304 e. The molecule has 0 aromatic rings. The van der Waals surface area contributed by atoms with Crippen molar-refractivity contribution in [2.24, 2.45) is 5.73 Å². The normalized spacial score (nSPS) is 15.2. The van der Waals surface area contributed by atoms with E-state index in [4.69, 9.17) is 10.8 Å². The Bertz CT molecular complexity index is 183. The Morgan fingerprint density at radius 1 is 1.50 bits per heavy atom. The average Bonchev–Trinajstić information content (AvgIpc) is 1.84. The Morgan fingerprint density at radius 3 is 2.33 bits per heavy atom. The van der Waals surface area contributed by atoms with E-state index in [-0.39, 0.29) is 16.9 Å². The number of rotatable bonds is 5. The molecular weight excluding hydrogens is 178 g/mol. The van der Waals surface area contributed by atoms with Gasteiger partial charge in [0.15, 0.2) is 0 Å². The maximum atomic E-state index is 10.6. The van der Waals surface area contributed by atoms with Gasteiger partial charge in [-0.15, -0.1) is 11.8 Å². The fourth-order valence-electron chi connectivity index (χ4n) is 0.710. The summed E-state index contributed by atoms with van der Waals surface area (Å²) in [7, 11) is 0. The second-order valence-corrected chi connectivity index (χ2v) is 4.37. The molecule has 1 amide bonds. The van der Waals surface area contributed by atoms with Crippen LogP contribution < -0.4 is 5.73 Å². The van der Waals surface area contributed by atoms with Gasteiger partial charge in [0, 0.05) is 5.25 Å². The summed E-state index contributed by atoms with van der Waals surface area (Å²) in [6.07, 6.45) is 0.0578. The van der Waals surface area contributed by atoms with Crippen LogP contribution in [0.2, 0.25) is 0 Å². The van der Waals surface area contributed by atoms with E-state index in [0.717, 1.165) is 0 Å². The van der Waals surface area contributed by atoms with Crippen LogP contribution in [0.1, 0.15) is 20.3 Å². The first-order valence-corrected chi connectivity index (χ1v) is 4.54. The molecular formula is C7H13NO3S. The van der Waals surface area contributed by atoms with Gasteiger partial charge >= 0.3 is 5.97 Å². The average molecular weight is 191 g/mol. The van der Waals surface area contributed by atoms with Crippen molar-refractivity contribution in [2.75, 3.05) is 0 Å². The van der Waals surface area contributed by atoms with Gasteiger partial charge in [-0.2, -0.15) is 0 Å². The molecule has 0 aliphatic heterocycles. The first-order valence-electron chi connectivity index (χ1n) is 3.60. The summed E-state index contributed by atoms with van der Waals surface area (Å²) < 4.78 is 0. The number of thioether (sulfide) groups is 1. The number of carboxylic acids is 1. The van der Waals surface area contributed by atoms with E-state index < -0.39 is 11.9 Å². The third-order valence-corrected chi connectivity index (χ3v) is 2.57. The molecule has 2 atom stereocenters. The number of carbonyl (C=O) groups is 2. The van der Waals surface area contributed by atoms with Crippen molar-refractivity contribution in [3.63, 3.8) is 0 Å². The number of amides is 1. The van der Waals surface area contributed by atoms with Gasteiger partial charge in [0.1, 0.15) is 0 Å². The molecule has 0 saturated carbocycles. The minimum Gasteiger partial charge on any atom is -0.481 e. The van der Waals surface area contributed by atoms with Crippen molar-refractivity contribution in [1.82, 2.24) is 0 Å². The van der Waals surface area contributed by atoms with Crippen LogP contribution in [0.25, 0.3) is 0 Å². The second-order valence-electron chi connectivity index (χ2n) is 2.59. The van der Waals surface area contributed by atoms with Crippen LogP contribution in [0.3, 0.4) is 0 Å². The molecule has 12 heavy (non-hydrogen) atoms. The zero-order valence-electron chi connectivity index (χ0n) is 7.11.